The van der Waals surface area contributed by atoms with Crippen LogP contribution in [0.2, 0.25) is 0 Å². The highest BCUT2D eigenvalue weighted by molar-refractivity contribution is 7.89. The third kappa shape index (κ3) is 4.47. The molecule has 1 aliphatic rings. The van der Waals surface area contributed by atoms with Crippen molar-refractivity contribution in [3.8, 4) is 0 Å². The standard InChI is InChI=1S/C18H18N2O5S/c19-17(21)13-4-1-3-12(9-13)11-25-18(22)14-5-2-6-16(10-14)26(23,24)20-15-7-8-15/h1-6,9-10,15,20H,7-8,11H2,(H2,19,21). The summed E-state index contributed by atoms with van der Waals surface area (Å²) in [4.78, 5) is 23.4. The zero-order valence-corrected chi connectivity index (χ0v) is 14.7. The minimum Gasteiger partial charge on any atom is -0.457 e. The van der Waals surface area contributed by atoms with Crippen LogP contribution in [0.4, 0.5) is 0 Å². The van der Waals surface area contributed by atoms with Gasteiger partial charge in [0, 0.05) is 11.6 Å². The summed E-state index contributed by atoms with van der Waals surface area (Å²) in [5.41, 5.74) is 6.27. The molecule has 0 heterocycles. The number of rotatable bonds is 7. The molecule has 0 aliphatic heterocycles. The van der Waals surface area contributed by atoms with E-state index >= 15 is 0 Å². The predicted molar refractivity (Wildman–Crippen MR) is 93.9 cm³/mol. The molecule has 0 radical (unpaired) electrons. The molecule has 7 nitrogen and oxygen atoms in total. The zero-order valence-electron chi connectivity index (χ0n) is 13.8. The molecule has 1 amide bonds. The average molecular weight is 374 g/mol. The van der Waals surface area contributed by atoms with Crippen LogP contribution in [0.15, 0.2) is 53.4 Å². The van der Waals surface area contributed by atoms with E-state index in [1.807, 2.05) is 0 Å². The molecule has 26 heavy (non-hydrogen) atoms. The number of hydrogen-bond acceptors (Lipinski definition) is 5. The Morgan fingerprint density at radius 1 is 1.08 bits per heavy atom. The summed E-state index contributed by atoms with van der Waals surface area (Å²) in [5, 5.41) is 0. The van der Waals surface area contributed by atoms with Gasteiger partial charge in [0.2, 0.25) is 15.9 Å². The van der Waals surface area contributed by atoms with E-state index in [2.05, 4.69) is 4.72 Å². The van der Waals surface area contributed by atoms with Gasteiger partial charge in [-0.15, -0.1) is 0 Å². The van der Waals surface area contributed by atoms with Crippen molar-refractivity contribution in [1.82, 2.24) is 4.72 Å². The highest BCUT2D eigenvalue weighted by Gasteiger charge is 2.28. The van der Waals surface area contributed by atoms with Crippen LogP contribution in [0.5, 0.6) is 0 Å². The summed E-state index contributed by atoms with van der Waals surface area (Å²) >= 11 is 0. The summed E-state index contributed by atoms with van der Waals surface area (Å²) in [6.45, 7) is -0.0583. The second-order valence-corrected chi connectivity index (χ2v) is 7.78. The molecule has 3 N–H and O–H groups in total. The Kier molecular flexibility index (Phi) is 5.06. The molecule has 0 bridgehead atoms. The van der Waals surface area contributed by atoms with Crippen molar-refractivity contribution in [1.29, 1.82) is 0 Å². The number of ether oxygens (including phenoxy) is 1. The van der Waals surface area contributed by atoms with Gasteiger partial charge < -0.3 is 10.5 Å². The summed E-state index contributed by atoms with van der Waals surface area (Å²) in [7, 11) is -3.64. The minimum absolute atomic E-state index is 0.0202. The van der Waals surface area contributed by atoms with Gasteiger partial charge in [0.1, 0.15) is 6.61 Å². The number of primary amides is 1. The number of sulfonamides is 1. The van der Waals surface area contributed by atoms with Gasteiger partial charge >= 0.3 is 5.97 Å². The number of amides is 1. The average Bonchev–Trinajstić information content (AvgIpc) is 3.43. The van der Waals surface area contributed by atoms with Crippen LogP contribution in [-0.2, 0) is 21.4 Å². The van der Waals surface area contributed by atoms with Crippen LogP contribution < -0.4 is 10.5 Å². The fourth-order valence-corrected chi connectivity index (χ4v) is 3.68. The van der Waals surface area contributed by atoms with Gasteiger partial charge in [-0.1, -0.05) is 18.2 Å². The number of nitrogens with two attached hydrogens (primary N) is 1. The molecule has 0 aromatic heterocycles. The minimum atomic E-state index is -3.64. The van der Waals surface area contributed by atoms with Crippen molar-refractivity contribution in [2.45, 2.75) is 30.4 Å². The van der Waals surface area contributed by atoms with E-state index in [0.717, 1.165) is 12.8 Å². The van der Waals surface area contributed by atoms with Crippen LogP contribution in [0, 0.1) is 0 Å². The van der Waals surface area contributed by atoms with Crippen LogP contribution in [0.3, 0.4) is 0 Å². The zero-order chi connectivity index (χ0) is 18.7. The fraction of sp³-hybridized carbons (Fsp3) is 0.222. The van der Waals surface area contributed by atoms with Gasteiger partial charge in [-0.25, -0.2) is 17.9 Å². The molecule has 1 saturated carbocycles. The van der Waals surface area contributed by atoms with E-state index in [0.29, 0.717) is 11.1 Å². The molecule has 0 atom stereocenters. The topological polar surface area (TPSA) is 116 Å². The Labute approximate surface area is 151 Å². The molecule has 0 saturated heterocycles. The lowest BCUT2D eigenvalue weighted by atomic mass is 10.1. The Morgan fingerprint density at radius 2 is 1.77 bits per heavy atom. The molecule has 1 aliphatic carbocycles. The third-order valence-electron chi connectivity index (χ3n) is 3.86. The lowest BCUT2D eigenvalue weighted by molar-refractivity contribution is 0.0472. The lowest BCUT2D eigenvalue weighted by Gasteiger charge is -2.08. The molecule has 0 unspecified atom stereocenters. The van der Waals surface area contributed by atoms with Crippen LogP contribution in [0.1, 0.15) is 39.1 Å². The maximum atomic E-state index is 12.2. The normalized spacial score (nSPS) is 14.0. The number of carbonyl (C=O) groups is 2. The summed E-state index contributed by atoms with van der Waals surface area (Å²) < 4.78 is 32.2. The Morgan fingerprint density at radius 3 is 2.46 bits per heavy atom. The van der Waals surface area contributed by atoms with E-state index in [4.69, 9.17) is 10.5 Å². The largest absolute Gasteiger partial charge is 0.457 e. The molecular formula is C18H18N2O5S. The maximum Gasteiger partial charge on any atom is 0.338 e. The first-order valence-electron chi connectivity index (χ1n) is 8.03. The summed E-state index contributed by atoms with van der Waals surface area (Å²) in [6, 6.07) is 12.1. The highest BCUT2D eigenvalue weighted by Crippen LogP contribution is 2.22. The number of esters is 1. The molecule has 0 spiro atoms. The SMILES string of the molecule is NC(=O)c1cccc(COC(=O)c2cccc(S(=O)(=O)NC3CC3)c2)c1. The Hall–Kier alpha value is -2.71. The van der Waals surface area contributed by atoms with Gasteiger partial charge in [-0.2, -0.15) is 0 Å². The first kappa shape index (κ1) is 18.1. The van der Waals surface area contributed by atoms with Gasteiger partial charge in [-0.05, 0) is 48.7 Å². The van der Waals surface area contributed by atoms with Crippen molar-refractivity contribution in [3.05, 3.63) is 65.2 Å². The van der Waals surface area contributed by atoms with E-state index in [1.54, 1.807) is 18.2 Å². The molecule has 1 fully saturated rings. The molecule has 2 aromatic carbocycles. The van der Waals surface area contributed by atoms with Gasteiger partial charge in [0.25, 0.3) is 0 Å². The lowest BCUT2D eigenvalue weighted by Crippen LogP contribution is -2.25. The first-order chi connectivity index (χ1) is 12.3. The van der Waals surface area contributed by atoms with Gasteiger partial charge in [-0.3, -0.25) is 4.79 Å². The molecular weight excluding hydrogens is 356 g/mol. The van der Waals surface area contributed by atoms with Crippen molar-refractivity contribution in [3.63, 3.8) is 0 Å². The van der Waals surface area contributed by atoms with Crippen molar-refractivity contribution < 1.29 is 22.7 Å². The second-order valence-electron chi connectivity index (χ2n) is 6.06. The third-order valence-corrected chi connectivity index (χ3v) is 5.38. The van der Waals surface area contributed by atoms with E-state index in [1.165, 1.54) is 30.3 Å². The monoisotopic (exact) mass is 374 g/mol. The highest BCUT2D eigenvalue weighted by atomic mass is 32.2. The predicted octanol–water partition coefficient (Wildman–Crippen LogP) is 1.58. The van der Waals surface area contributed by atoms with E-state index < -0.39 is 21.9 Å². The molecule has 8 heteroatoms. The number of hydrogen-bond donors (Lipinski definition) is 2. The molecule has 3 rings (SSSR count). The molecule has 2 aromatic rings. The Bertz CT molecular complexity index is 952. The maximum absolute atomic E-state index is 12.2. The van der Waals surface area contributed by atoms with E-state index in [9.17, 15) is 18.0 Å². The van der Waals surface area contributed by atoms with Crippen LogP contribution in [0.25, 0.3) is 0 Å². The Balaban J connectivity index is 1.69. The van der Waals surface area contributed by atoms with Gasteiger partial charge in [0.05, 0.1) is 10.5 Å². The number of carbonyl (C=O) groups excluding carboxylic acids is 2. The van der Waals surface area contributed by atoms with Crippen molar-refractivity contribution >= 4 is 21.9 Å². The second kappa shape index (κ2) is 7.27. The summed E-state index contributed by atoms with van der Waals surface area (Å²) in [6.07, 6.45) is 1.65. The van der Waals surface area contributed by atoms with E-state index in [-0.39, 0.29) is 23.1 Å². The van der Waals surface area contributed by atoms with Crippen molar-refractivity contribution in [2.75, 3.05) is 0 Å². The number of benzene rings is 2. The molecule has 136 valence electrons. The quantitative estimate of drug-likeness (QED) is 0.714. The fourth-order valence-electron chi connectivity index (χ4n) is 2.33. The number of nitrogens with one attached hydrogen (secondary N) is 1. The van der Waals surface area contributed by atoms with Crippen LogP contribution >= 0.6 is 0 Å². The smallest absolute Gasteiger partial charge is 0.338 e. The first-order valence-corrected chi connectivity index (χ1v) is 9.52. The van der Waals surface area contributed by atoms with Crippen molar-refractivity contribution in [2.24, 2.45) is 5.73 Å². The van der Waals surface area contributed by atoms with Gasteiger partial charge in [0.15, 0.2) is 0 Å². The van der Waals surface area contributed by atoms with Crippen LogP contribution in [-0.4, -0.2) is 26.3 Å². The summed E-state index contributed by atoms with van der Waals surface area (Å²) in [5.74, 6) is -1.22.